The summed E-state index contributed by atoms with van der Waals surface area (Å²) in [5, 5.41) is 14.7. The maximum absolute atomic E-state index is 12.5. The summed E-state index contributed by atoms with van der Waals surface area (Å²) in [6, 6.07) is 16.4. The van der Waals surface area contributed by atoms with Gasteiger partial charge in [0.25, 0.3) is 0 Å². The number of carbonyl (C=O) groups excluding carboxylic acids is 2. The van der Waals surface area contributed by atoms with Gasteiger partial charge in [0.05, 0.1) is 6.42 Å². The quantitative estimate of drug-likeness (QED) is 0.535. The molecule has 0 spiro atoms. The predicted molar refractivity (Wildman–Crippen MR) is 128 cm³/mol. The van der Waals surface area contributed by atoms with E-state index in [2.05, 4.69) is 34.9 Å². The molecule has 2 aromatic rings. The molecule has 0 radical (unpaired) electrons. The molecule has 4 rings (SSSR count). The first kappa shape index (κ1) is 23.8. The molecule has 7 nitrogen and oxygen atoms in total. The van der Waals surface area contributed by atoms with Gasteiger partial charge in [-0.25, -0.2) is 4.79 Å². The van der Waals surface area contributed by atoms with Crippen molar-refractivity contribution in [1.82, 2.24) is 10.6 Å². The van der Waals surface area contributed by atoms with Crippen LogP contribution in [0.3, 0.4) is 0 Å². The fourth-order valence-corrected chi connectivity index (χ4v) is 5.31. The van der Waals surface area contributed by atoms with E-state index in [-0.39, 0.29) is 36.8 Å². The van der Waals surface area contributed by atoms with Crippen LogP contribution in [0.15, 0.2) is 48.5 Å². The summed E-state index contributed by atoms with van der Waals surface area (Å²) in [5.41, 5.74) is 3.94. The Morgan fingerprint density at radius 3 is 2.24 bits per heavy atom. The van der Waals surface area contributed by atoms with Crippen LogP contribution in [0.5, 0.6) is 0 Å². The number of alkyl carbamates (subject to hydrolysis) is 1. The van der Waals surface area contributed by atoms with E-state index in [0.717, 1.165) is 12.8 Å². The summed E-state index contributed by atoms with van der Waals surface area (Å²) in [7, 11) is 0. The highest BCUT2D eigenvalue weighted by molar-refractivity contribution is 5.79. The summed E-state index contributed by atoms with van der Waals surface area (Å²) in [4.78, 5) is 35.8. The van der Waals surface area contributed by atoms with E-state index in [1.807, 2.05) is 24.3 Å². The molecular formula is C27H32N2O5. The minimum Gasteiger partial charge on any atom is -0.481 e. The average molecular weight is 465 g/mol. The van der Waals surface area contributed by atoms with Crippen LogP contribution in [0.4, 0.5) is 4.79 Å². The van der Waals surface area contributed by atoms with Crippen molar-refractivity contribution >= 4 is 18.0 Å². The first-order valence-corrected chi connectivity index (χ1v) is 11.9. The summed E-state index contributed by atoms with van der Waals surface area (Å²) in [5.74, 6) is -0.927. The molecule has 2 aromatic carbocycles. The Bertz CT molecular complexity index is 1030. The molecule has 7 heteroatoms. The van der Waals surface area contributed by atoms with Gasteiger partial charge in [0.15, 0.2) is 0 Å². The second kappa shape index (κ2) is 9.87. The molecule has 3 N–H and O–H groups in total. The second-order valence-electron chi connectivity index (χ2n) is 10.1. The highest BCUT2D eigenvalue weighted by Gasteiger charge is 2.32. The molecule has 0 aliphatic heterocycles. The smallest absolute Gasteiger partial charge is 0.407 e. The van der Waals surface area contributed by atoms with Crippen LogP contribution in [0.25, 0.3) is 11.1 Å². The highest BCUT2D eigenvalue weighted by Crippen LogP contribution is 2.44. The fourth-order valence-electron chi connectivity index (χ4n) is 5.31. The highest BCUT2D eigenvalue weighted by atomic mass is 16.5. The zero-order valence-corrected chi connectivity index (χ0v) is 19.7. The Morgan fingerprint density at radius 1 is 1.00 bits per heavy atom. The van der Waals surface area contributed by atoms with Crippen molar-refractivity contribution in [3.05, 3.63) is 59.7 Å². The zero-order valence-electron chi connectivity index (χ0n) is 19.7. The van der Waals surface area contributed by atoms with E-state index in [0.29, 0.717) is 12.8 Å². The first-order valence-electron chi connectivity index (χ1n) is 11.9. The molecule has 180 valence electrons. The van der Waals surface area contributed by atoms with Crippen molar-refractivity contribution in [1.29, 1.82) is 0 Å². The SMILES string of the molecule is CC(C)(CC(=O)O)NC(=O)CC1CCC(NC(=O)OCC2c3ccccc3-c3ccccc32)C1. The third-order valence-corrected chi connectivity index (χ3v) is 6.75. The number of hydrogen-bond donors (Lipinski definition) is 3. The number of benzene rings is 2. The topological polar surface area (TPSA) is 105 Å². The van der Waals surface area contributed by atoms with Crippen molar-refractivity contribution in [2.45, 2.75) is 63.5 Å². The minimum absolute atomic E-state index is 0.0207. The molecule has 1 fully saturated rings. The van der Waals surface area contributed by atoms with Crippen LogP contribution >= 0.6 is 0 Å². The van der Waals surface area contributed by atoms with Gasteiger partial charge in [-0.2, -0.15) is 0 Å². The van der Waals surface area contributed by atoms with E-state index in [4.69, 9.17) is 9.84 Å². The molecule has 2 unspecified atom stereocenters. The zero-order chi connectivity index (χ0) is 24.3. The van der Waals surface area contributed by atoms with Gasteiger partial charge in [-0.05, 0) is 61.3 Å². The lowest BCUT2D eigenvalue weighted by Crippen LogP contribution is -2.45. The van der Waals surface area contributed by atoms with Crippen molar-refractivity contribution in [2.75, 3.05) is 6.61 Å². The molecule has 2 aliphatic carbocycles. The van der Waals surface area contributed by atoms with Crippen molar-refractivity contribution in [3.63, 3.8) is 0 Å². The van der Waals surface area contributed by atoms with Crippen molar-refractivity contribution in [3.8, 4) is 11.1 Å². The molecule has 0 bridgehead atoms. The van der Waals surface area contributed by atoms with E-state index in [9.17, 15) is 14.4 Å². The van der Waals surface area contributed by atoms with Gasteiger partial charge in [0, 0.05) is 23.9 Å². The lowest BCUT2D eigenvalue weighted by atomic mass is 9.98. The summed E-state index contributed by atoms with van der Waals surface area (Å²) < 4.78 is 5.64. The lowest BCUT2D eigenvalue weighted by Gasteiger charge is -2.25. The molecule has 0 saturated heterocycles. The van der Waals surface area contributed by atoms with Crippen LogP contribution in [0, 0.1) is 5.92 Å². The van der Waals surface area contributed by atoms with Gasteiger partial charge < -0.3 is 20.5 Å². The molecule has 2 amide bonds. The Hall–Kier alpha value is -3.35. The lowest BCUT2D eigenvalue weighted by molar-refractivity contribution is -0.138. The Balaban J connectivity index is 1.25. The average Bonchev–Trinajstić information content (AvgIpc) is 3.32. The van der Waals surface area contributed by atoms with E-state index >= 15 is 0 Å². The largest absolute Gasteiger partial charge is 0.481 e. The fraction of sp³-hybridized carbons (Fsp3) is 0.444. The summed E-state index contributed by atoms with van der Waals surface area (Å²) in [6.07, 6.45) is 2.10. The Labute approximate surface area is 199 Å². The third kappa shape index (κ3) is 5.58. The van der Waals surface area contributed by atoms with Crippen molar-refractivity contribution in [2.24, 2.45) is 5.92 Å². The molecule has 1 saturated carbocycles. The normalized spacial score (nSPS) is 19.2. The maximum Gasteiger partial charge on any atom is 0.407 e. The number of amides is 2. The van der Waals surface area contributed by atoms with Crippen LogP contribution in [0.2, 0.25) is 0 Å². The molecule has 2 aliphatic rings. The number of aliphatic carboxylic acids is 1. The Kier molecular flexibility index (Phi) is 6.91. The monoisotopic (exact) mass is 464 g/mol. The van der Waals surface area contributed by atoms with Gasteiger partial charge >= 0.3 is 12.1 Å². The molecule has 2 atom stereocenters. The van der Waals surface area contributed by atoms with E-state index < -0.39 is 17.6 Å². The van der Waals surface area contributed by atoms with Crippen LogP contribution in [-0.4, -0.2) is 41.3 Å². The molecule has 0 heterocycles. The number of ether oxygens (including phenoxy) is 1. The first-order chi connectivity index (χ1) is 16.2. The van der Waals surface area contributed by atoms with Crippen molar-refractivity contribution < 1.29 is 24.2 Å². The molecule has 0 aromatic heterocycles. The van der Waals surface area contributed by atoms with Crippen LogP contribution in [0.1, 0.15) is 63.0 Å². The summed E-state index contributed by atoms with van der Waals surface area (Å²) >= 11 is 0. The number of fused-ring (bicyclic) bond motifs is 3. The Morgan fingerprint density at radius 2 is 1.62 bits per heavy atom. The van der Waals surface area contributed by atoms with Gasteiger partial charge in [-0.1, -0.05) is 48.5 Å². The van der Waals surface area contributed by atoms with Gasteiger partial charge in [0.2, 0.25) is 5.91 Å². The van der Waals surface area contributed by atoms with Gasteiger partial charge in [0.1, 0.15) is 6.61 Å². The van der Waals surface area contributed by atoms with E-state index in [1.165, 1.54) is 22.3 Å². The third-order valence-electron chi connectivity index (χ3n) is 6.75. The minimum atomic E-state index is -0.946. The maximum atomic E-state index is 12.5. The van der Waals surface area contributed by atoms with E-state index in [1.54, 1.807) is 13.8 Å². The predicted octanol–water partition coefficient (Wildman–Crippen LogP) is 4.45. The molecular weight excluding hydrogens is 432 g/mol. The number of rotatable bonds is 8. The number of carboxylic acids is 1. The number of nitrogens with one attached hydrogen (secondary N) is 2. The second-order valence-corrected chi connectivity index (χ2v) is 10.1. The van der Waals surface area contributed by atoms with Gasteiger partial charge in [-0.3, -0.25) is 9.59 Å². The standard InChI is InChI=1S/C27H32N2O5/c1-27(2,15-25(31)32)29-24(30)14-17-11-12-18(13-17)28-26(33)34-16-23-21-9-5-3-7-19(21)20-8-4-6-10-22(20)23/h3-10,17-18,23H,11-16H2,1-2H3,(H,28,33)(H,29,30)(H,31,32). The summed E-state index contributed by atoms with van der Waals surface area (Å²) in [6.45, 7) is 3.68. The van der Waals surface area contributed by atoms with Crippen LogP contribution < -0.4 is 10.6 Å². The number of carboxylic acid groups (broad SMARTS) is 1. The molecule has 34 heavy (non-hydrogen) atoms. The number of hydrogen-bond acceptors (Lipinski definition) is 4. The van der Waals surface area contributed by atoms with Crippen LogP contribution in [-0.2, 0) is 14.3 Å². The van der Waals surface area contributed by atoms with Gasteiger partial charge in [-0.15, -0.1) is 0 Å². The number of carbonyl (C=O) groups is 3.